The van der Waals surface area contributed by atoms with E-state index in [9.17, 15) is 18.3 Å². The number of nitrogens with zero attached hydrogens (tertiary/aromatic N) is 1. The van der Waals surface area contributed by atoms with E-state index in [0.717, 1.165) is 32.1 Å². The molecule has 1 aliphatic carbocycles. The maximum atomic E-state index is 12.7. The van der Waals surface area contributed by atoms with E-state index in [4.69, 9.17) is 0 Å². The molecule has 1 aliphatic heterocycles. The van der Waals surface area contributed by atoms with E-state index in [1.54, 1.807) is 28.6 Å². The molecule has 0 aromatic heterocycles. The van der Waals surface area contributed by atoms with Crippen molar-refractivity contribution < 1.29 is 18.3 Å². The summed E-state index contributed by atoms with van der Waals surface area (Å²) < 4.78 is 26.9. The first-order chi connectivity index (χ1) is 12.0. The van der Waals surface area contributed by atoms with Crippen molar-refractivity contribution in [3.8, 4) is 0 Å². The maximum absolute atomic E-state index is 12.7. The van der Waals surface area contributed by atoms with E-state index in [-0.39, 0.29) is 4.90 Å². The molecule has 25 heavy (non-hydrogen) atoms. The van der Waals surface area contributed by atoms with Crippen LogP contribution in [0.25, 0.3) is 0 Å². The molecule has 0 radical (unpaired) electrons. The summed E-state index contributed by atoms with van der Waals surface area (Å²) >= 11 is 0. The SMILES string of the molecule is O=C(O)C(CC1CCCC1)c1ccc(S(=O)(=O)N2CCCCC2)cc1. The number of aliphatic carboxylic acids is 1. The largest absolute Gasteiger partial charge is 0.481 e. The predicted octanol–water partition coefficient (Wildman–Crippen LogP) is 3.61. The van der Waals surface area contributed by atoms with Gasteiger partial charge in [0.2, 0.25) is 10.0 Å². The van der Waals surface area contributed by atoms with Gasteiger partial charge < -0.3 is 5.11 Å². The van der Waals surface area contributed by atoms with Gasteiger partial charge in [-0.1, -0.05) is 44.2 Å². The number of carboxylic acids is 1. The van der Waals surface area contributed by atoms with Crippen molar-refractivity contribution in [2.45, 2.75) is 62.2 Å². The highest BCUT2D eigenvalue weighted by Crippen LogP contribution is 2.34. The number of benzene rings is 1. The highest BCUT2D eigenvalue weighted by Gasteiger charge is 2.28. The summed E-state index contributed by atoms with van der Waals surface area (Å²) in [5.41, 5.74) is 0.706. The predicted molar refractivity (Wildman–Crippen MR) is 96.0 cm³/mol. The quantitative estimate of drug-likeness (QED) is 0.836. The Bertz CT molecular complexity index is 687. The molecule has 2 fully saturated rings. The Hall–Kier alpha value is -1.40. The van der Waals surface area contributed by atoms with Crippen molar-refractivity contribution in [2.24, 2.45) is 5.92 Å². The van der Waals surface area contributed by atoms with Crippen molar-refractivity contribution in [3.63, 3.8) is 0 Å². The molecule has 138 valence electrons. The number of hydrogen-bond acceptors (Lipinski definition) is 3. The second-order valence-electron chi connectivity index (χ2n) is 7.31. The van der Waals surface area contributed by atoms with Crippen molar-refractivity contribution in [1.82, 2.24) is 4.31 Å². The molecule has 0 spiro atoms. The molecular weight excluding hydrogens is 338 g/mol. The van der Waals surface area contributed by atoms with E-state index in [0.29, 0.717) is 31.0 Å². The third-order valence-corrected chi connectivity index (χ3v) is 7.49. The molecule has 1 saturated heterocycles. The first-order valence-corrected chi connectivity index (χ1v) is 10.8. The minimum Gasteiger partial charge on any atom is -0.481 e. The Morgan fingerprint density at radius 2 is 1.64 bits per heavy atom. The first kappa shape index (κ1) is 18.4. The number of sulfonamides is 1. The van der Waals surface area contributed by atoms with Crippen LogP contribution in [0.1, 0.15) is 62.8 Å². The van der Waals surface area contributed by atoms with Gasteiger partial charge in [-0.3, -0.25) is 4.79 Å². The fraction of sp³-hybridized carbons (Fsp3) is 0.632. The first-order valence-electron chi connectivity index (χ1n) is 9.31. The van der Waals surface area contributed by atoms with E-state index < -0.39 is 21.9 Å². The monoisotopic (exact) mass is 365 g/mol. The van der Waals surface area contributed by atoms with Crippen molar-refractivity contribution >= 4 is 16.0 Å². The number of carboxylic acid groups (broad SMARTS) is 1. The lowest BCUT2D eigenvalue weighted by molar-refractivity contribution is -0.139. The Morgan fingerprint density at radius 1 is 1.04 bits per heavy atom. The second-order valence-corrected chi connectivity index (χ2v) is 9.25. The Kier molecular flexibility index (Phi) is 5.79. The van der Waals surface area contributed by atoms with E-state index in [1.165, 1.54) is 12.8 Å². The zero-order chi connectivity index (χ0) is 17.9. The molecule has 1 atom stereocenters. The summed E-state index contributed by atoms with van der Waals surface area (Å²) in [4.78, 5) is 12.0. The van der Waals surface area contributed by atoms with Gasteiger partial charge >= 0.3 is 5.97 Å². The number of carbonyl (C=O) groups is 1. The van der Waals surface area contributed by atoms with E-state index in [2.05, 4.69) is 0 Å². The molecule has 1 saturated carbocycles. The summed E-state index contributed by atoms with van der Waals surface area (Å²) in [7, 11) is -3.46. The lowest BCUT2D eigenvalue weighted by Crippen LogP contribution is -2.35. The molecule has 6 heteroatoms. The Labute approximate surface area is 150 Å². The number of hydrogen-bond donors (Lipinski definition) is 1. The summed E-state index contributed by atoms with van der Waals surface area (Å²) in [5, 5.41) is 9.59. The van der Waals surface area contributed by atoms with Gasteiger partial charge in [0.15, 0.2) is 0 Å². The number of rotatable bonds is 6. The lowest BCUT2D eigenvalue weighted by atomic mass is 9.88. The van der Waals surface area contributed by atoms with Crippen LogP contribution in [0.5, 0.6) is 0 Å². The standard InChI is InChI=1S/C19H27NO4S/c21-19(22)18(14-15-6-2-3-7-15)16-8-10-17(11-9-16)25(23,24)20-12-4-1-5-13-20/h8-11,15,18H,1-7,12-14H2,(H,21,22). The van der Waals surface area contributed by atoms with Crippen LogP contribution in [0, 0.1) is 5.92 Å². The molecule has 0 bridgehead atoms. The van der Waals surface area contributed by atoms with E-state index in [1.807, 2.05) is 0 Å². The van der Waals surface area contributed by atoms with Crippen LogP contribution in [-0.4, -0.2) is 36.9 Å². The normalized spacial score (nSPS) is 21.3. The maximum Gasteiger partial charge on any atom is 0.310 e. The lowest BCUT2D eigenvalue weighted by Gasteiger charge is -2.26. The zero-order valence-electron chi connectivity index (χ0n) is 14.6. The highest BCUT2D eigenvalue weighted by molar-refractivity contribution is 7.89. The third kappa shape index (κ3) is 4.23. The molecule has 5 nitrogen and oxygen atoms in total. The zero-order valence-corrected chi connectivity index (χ0v) is 15.4. The summed E-state index contributed by atoms with van der Waals surface area (Å²) in [5.74, 6) is -0.897. The van der Waals surface area contributed by atoms with Crippen molar-refractivity contribution in [2.75, 3.05) is 13.1 Å². The summed E-state index contributed by atoms with van der Waals surface area (Å²) in [6, 6.07) is 6.52. The smallest absolute Gasteiger partial charge is 0.310 e. The summed E-state index contributed by atoms with van der Waals surface area (Å²) in [6.07, 6.45) is 8.10. The van der Waals surface area contributed by atoms with Crippen molar-refractivity contribution in [3.05, 3.63) is 29.8 Å². The Balaban J connectivity index is 1.76. The van der Waals surface area contributed by atoms with Crippen LogP contribution in [0.2, 0.25) is 0 Å². The van der Waals surface area contributed by atoms with Gasteiger partial charge in [0.1, 0.15) is 0 Å². The summed E-state index contributed by atoms with van der Waals surface area (Å²) in [6.45, 7) is 1.15. The van der Waals surface area contributed by atoms with Gasteiger partial charge in [0, 0.05) is 13.1 Å². The second kappa shape index (κ2) is 7.87. The molecule has 3 rings (SSSR count). The molecule has 0 amide bonds. The fourth-order valence-corrected chi connectivity index (χ4v) is 5.60. The van der Waals surface area contributed by atoms with Crippen molar-refractivity contribution in [1.29, 1.82) is 0 Å². The third-order valence-electron chi connectivity index (χ3n) is 5.58. The van der Waals surface area contributed by atoms with Gasteiger partial charge in [0.05, 0.1) is 10.8 Å². The van der Waals surface area contributed by atoms with Crippen LogP contribution < -0.4 is 0 Å². The minimum absolute atomic E-state index is 0.267. The van der Waals surface area contributed by atoms with E-state index >= 15 is 0 Å². The molecular formula is C19H27NO4S. The molecule has 1 N–H and O–H groups in total. The molecule has 1 unspecified atom stereocenters. The van der Waals surface area contributed by atoms with Crippen LogP contribution in [0.15, 0.2) is 29.2 Å². The van der Waals surface area contributed by atoms with Gasteiger partial charge in [-0.2, -0.15) is 4.31 Å². The van der Waals surface area contributed by atoms with Crippen LogP contribution in [0.3, 0.4) is 0 Å². The topological polar surface area (TPSA) is 74.7 Å². The highest BCUT2D eigenvalue weighted by atomic mass is 32.2. The minimum atomic E-state index is -3.46. The molecule has 1 heterocycles. The molecule has 1 aromatic rings. The van der Waals surface area contributed by atoms with Gasteiger partial charge in [0.25, 0.3) is 0 Å². The average molecular weight is 365 g/mol. The average Bonchev–Trinajstić information content (AvgIpc) is 3.13. The van der Waals surface area contributed by atoms with Crippen LogP contribution in [-0.2, 0) is 14.8 Å². The van der Waals surface area contributed by atoms with Gasteiger partial charge in [-0.05, 0) is 42.9 Å². The van der Waals surface area contributed by atoms with Crippen LogP contribution in [0.4, 0.5) is 0 Å². The fourth-order valence-electron chi connectivity index (χ4n) is 4.09. The van der Waals surface area contributed by atoms with Gasteiger partial charge in [-0.25, -0.2) is 8.42 Å². The molecule has 2 aliphatic rings. The van der Waals surface area contributed by atoms with Gasteiger partial charge in [-0.15, -0.1) is 0 Å². The molecule has 1 aromatic carbocycles. The number of piperidine rings is 1. The van der Waals surface area contributed by atoms with Crippen LogP contribution >= 0.6 is 0 Å². The Morgan fingerprint density at radius 3 is 2.20 bits per heavy atom.